The van der Waals surface area contributed by atoms with E-state index in [1.54, 1.807) is 0 Å². The summed E-state index contributed by atoms with van der Waals surface area (Å²) in [7, 11) is 0. The Morgan fingerprint density at radius 3 is 1.33 bits per heavy atom. The second-order valence-electron chi connectivity index (χ2n) is 5.78. The predicted octanol–water partition coefficient (Wildman–Crippen LogP) is 3.54. The highest BCUT2D eigenvalue weighted by Crippen LogP contribution is 2.23. The zero-order chi connectivity index (χ0) is 11.4. The lowest BCUT2D eigenvalue weighted by atomic mass is 9.99. The summed E-state index contributed by atoms with van der Waals surface area (Å²) in [5.41, 5.74) is 0.373. The molecule has 0 saturated carbocycles. The number of hydrogen-bond acceptors (Lipinski definition) is 2. The van der Waals surface area contributed by atoms with Crippen molar-refractivity contribution in [1.82, 2.24) is 0 Å². The van der Waals surface area contributed by atoms with Crippen molar-refractivity contribution in [3.8, 4) is 0 Å². The molecule has 2 rings (SSSR count). The van der Waals surface area contributed by atoms with Gasteiger partial charge in [-0.2, -0.15) is 0 Å². The van der Waals surface area contributed by atoms with E-state index in [0.717, 1.165) is 13.2 Å². The molecule has 0 aromatic carbocycles. The van der Waals surface area contributed by atoms with Gasteiger partial charge in [0, 0.05) is 13.2 Å². The molecule has 0 bridgehead atoms. The second-order valence-corrected chi connectivity index (χ2v) is 5.78. The Kier molecular flexibility index (Phi) is 4.60. The van der Waals surface area contributed by atoms with E-state index in [0.29, 0.717) is 0 Å². The van der Waals surface area contributed by atoms with Crippen LogP contribution in [0.2, 0.25) is 0 Å². The summed E-state index contributed by atoms with van der Waals surface area (Å²) >= 11 is 0. The van der Waals surface area contributed by atoms with Crippen LogP contribution >= 0.6 is 0 Å². The Balaban J connectivity index is 0.000000151. The van der Waals surface area contributed by atoms with Gasteiger partial charge in [-0.15, -0.1) is 0 Å². The van der Waals surface area contributed by atoms with Crippen molar-refractivity contribution in [1.29, 1.82) is 0 Å². The van der Waals surface area contributed by atoms with Crippen molar-refractivity contribution in [2.45, 2.75) is 71.0 Å². The summed E-state index contributed by atoms with van der Waals surface area (Å²) in [4.78, 5) is 0. The molecule has 15 heavy (non-hydrogen) atoms. The minimum atomic E-state index is 0.179. The van der Waals surface area contributed by atoms with Gasteiger partial charge in [-0.25, -0.2) is 0 Å². The fourth-order valence-electron chi connectivity index (χ4n) is 1.99. The van der Waals surface area contributed by atoms with Crippen molar-refractivity contribution in [2.75, 3.05) is 13.2 Å². The maximum Gasteiger partial charge on any atom is 0.0627 e. The summed E-state index contributed by atoms with van der Waals surface area (Å²) in [6, 6.07) is 0. The molecule has 0 aliphatic carbocycles. The highest BCUT2D eigenvalue weighted by molar-refractivity contribution is 4.73. The van der Waals surface area contributed by atoms with E-state index in [4.69, 9.17) is 9.47 Å². The van der Waals surface area contributed by atoms with Crippen molar-refractivity contribution < 1.29 is 9.47 Å². The summed E-state index contributed by atoms with van der Waals surface area (Å²) in [6.45, 7) is 10.5. The molecule has 0 radical (unpaired) electrons. The van der Waals surface area contributed by atoms with Crippen LogP contribution in [0.1, 0.15) is 59.8 Å². The molecule has 0 aromatic heterocycles. The van der Waals surface area contributed by atoms with Crippen molar-refractivity contribution >= 4 is 0 Å². The van der Waals surface area contributed by atoms with E-state index in [1.807, 2.05) is 0 Å². The summed E-state index contributed by atoms with van der Waals surface area (Å²) < 4.78 is 10.8. The molecule has 2 nitrogen and oxygen atoms in total. The first-order valence-corrected chi connectivity index (χ1v) is 6.19. The monoisotopic (exact) mass is 214 g/mol. The fraction of sp³-hybridized carbons (Fsp3) is 1.00. The number of ether oxygens (including phenoxy) is 2. The lowest BCUT2D eigenvalue weighted by Gasteiger charge is -2.29. The van der Waals surface area contributed by atoms with E-state index in [1.165, 1.54) is 32.1 Å². The molecular weight excluding hydrogens is 188 g/mol. The first-order valence-electron chi connectivity index (χ1n) is 6.19. The third kappa shape index (κ3) is 5.53. The molecule has 2 heteroatoms. The summed E-state index contributed by atoms with van der Waals surface area (Å²) in [6.07, 6.45) is 6.30. The molecule has 0 spiro atoms. The lowest BCUT2D eigenvalue weighted by molar-refractivity contribution is -0.0511. The number of rotatable bonds is 0. The summed E-state index contributed by atoms with van der Waals surface area (Å²) in [5.74, 6) is 0. The smallest absolute Gasteiger partial charge is 0.0627 e. The van der Waals surface area contributed by atoms with E-state index in [2.05, 4.69) is 27.7 Å². The molecule has 2 aliphatic heterocycles. The Morgan fingerprint density at radius 1 is 0.667 bits per heavy atom. The van der Waals surface area contributed by atoms with Crippen LogP contribution in [0.3, 0.4) is 0 Å². The first kappa shape index (κ1) is 13.0. The summed E-state index contributed by atoms with van der Waals surface area (Å²) in [5, 5.41) is 0. The quantitative estimate of drug-likeness (QED) is 0.614. The average Bonchev–Trinajstić information content (AvgIpc) is 2.51. The van der Waals surface area contributed by atoms with Crippen molar-refractivity contribution in [3.63, 3.8) is 0 Å². The van der Waals surface area contributed by atoms with Gasteiger partial charge in [0.1, 0.15) is 0 Å². The van der Waals surface area contributed by atoms with Crippen LogP contribution in [0.15, 0.2) is 0 Å². The van der Waals surface area contributed by atoms with Crippen LogP contribution in [0.4, 0.5) is 0 Å². The van der Waals surface area contributed by atoms with Crippen LogP contribution in [0, 0.1) is 0 Å². The minimum Gasteiger partial charge on any atom is -0.376 e. The van der Waals surface area contributed by atoms with Crippen LogP contribution in [0.5, 0.6) is 0 Å². The zero-order valence-corrected chi connectivity index (χ0v) is 10.8. The highest BCUT2D eigenvalue weighted by atomic mass is 16.5. The largest absolute Gasteiger partial charge is 0.376 e. The Morgan fingerprint density at radius 2 is 1.13 bits per heavy atom. The van der Waals surface area contributed by atoms with Crippen LogP contribution < -0.4 is 0 Å². The predicted molar refractivity (Wildman–Crippen MR) is 63.1 cm³/mol. The molecule has 90 valence electrons. The lowest BCUT2D eigenvalue weighted by Crippen LogP contribution is -2.28. The van der Waals surface area contributed by atoms with Gasteiger partial charge in [-0.1, -0.05) is 0 Å². The minimum absolute atomic E-state index is 0.179. The van der Waals surface area contributed by atoms with Gasteiger partial charge >= 0.3 is 0 Å². The molecular formula is C13H26O2. The molecule has 2 heterocycles. The third-order valence-corrected chi connectivity index (χ3v) is 3.08. The van der Waals surface area contributed by atoms with Gasteiger partial charge in [-0.05, 0) is 59.8 Å². The van der Waals surface area contributed by atoms with E-state index >= 15 is 0 Å². The van der Waals surface area contributed by atoms with Crippen molar-refractivity contribution in [2.24, 2.45) is 0 Å². The van der Waals surface area contributed by atoms with E-state index in [9.17, 15) is 0 Å². The molecule has 0 unspecified atom stereocenters. The standard InChI is InChI=1S/C7H14O.C6H12O/c1-7(2)5-3-4-6-8-7;1-6(2)4-3-5-7-6/h3-6H2,1-2H3;3-5H2,1-2H3. The van der Waals surface area contributed by atoms with Crippen LogP contribution in [0.25, 0.3) is 0 Å². The number of hydrogen-bond donors (Lipinski definition) is 0. The molecule has 0 atom stereocenters. The van der Waals surface area contributed by atoms with Gasteiger partial charge in [0.05, 0.1) is 11.2 Å². The normalized spacial score (nSPS) is 28.0. The maximum absolute atomic E-state index is 5.47. The first-order chi connectivity index (χ1) is 6.91. The van der Waals surface area contributed by atoms with Gasteiger partial charge < -0.3 is 9.47 Å². The van der Waals surface area contributed by atoms with Crippen LogP contribution in [-0.4, -0.2) is 24.4 Å². The topological polar surface area (TPSA) is 18.5 Å². The van der Waals surface area contributed by atoms with Gasteiger partial charge in [-0.3, -0.25) is 0 Å². The zero-order valence-electron chi connectivity index (χ0n) is 10.8. The Hall–Kier alpha value is -0.0800. The highest BCUT2D eigenvalue weighted by Gasteiger charge is 2.22. The Labute approximate surface area is 94.3 Å². The van der Waals surface area contributed by atoms with Crippen molar-refractivity contribution in [3.05, 3.63) is 0 Å². The third-order valence-electron chi connectivity index (χ3n) is 3.08. The molecule has 0 amide bonds. The molecule has 2 aliphatic rings. The van der Waals surface area contributed by atoms with E-state index in [-0.39, 0.29) is 11.2 Å². The van der Waals surface area contributed by atoms with E-state index < -0.39 is 0 Å². The van der Waals surface area contributed by atoms with Crippen LogP contribution in [-0.2, 0) is 9.47 Å². The molecule has 2 fully saturated rings. The van der Waals surface area contributed by atoms with Gasteiger partial charge in [0.25, 0.3) is 0 Å². The molecule has 0 aromatic rings. The SMILES string of the molecule is CC1(C)CCCCO1.CC1(C)CCCO1. The second kappa shape index (κ2) is 5.31. The van der Waals surface area contributed by atoms with Gasteiger partial charge in [0.2, 0.25) is 0 Å². The Bertz CT molecular complexity index is 169. The van der Waals surface area contributed by atoms with Gasteiger partial charge in [0.15, 0.2) is 0 Å². The molecule has 2 saturated heterocycles. The average molecular weight is 214 g/mol. The maximum atomic E-state index is 5.47. The molecule has 0 N–H and O–H groups in total. The fourth-order valence-corrected chi connectivity index (χ4v) is 1.99.